The summed E-state index contributed by atoms with van der Waals surface area (Å²) < 4.78 is 13.6. The normalized spacial score (nSPS) is 14.0. The first-order valence-electron chi connectivity index (χ1n) is 11.0. The van der Waals surface area contributed by atoms with Crippen LogP contribution in [-0.2, 0) is 25.9 Å². The molecule has 1 aliphatic heterocycles. The lowest BCUT2D eigenvalue weighted by Gasteiger charge is -2.14. The first-order chi connectivity index (χ1) is 14.7. The molecule has 0 unspecified atom stereocenters. The third-order valence-corrected chi connectivity index (χ3v) is 5.14. The minimum Gasteiger partial charge on any atom is -0.490 e. The van der Waals surface area contributed by atoms with Crippen molar-refractivity contribution in [2.75, 3.05) is 26.8 Å². The van der Waals surface area contributed by atoms with Gasteiger partial charge in [-0.1, -0.05) is 12.5 Å². The zero-order valence-electron chi connectivity index (χ0n) is 18.4. The summed E-state index contributed by atoms with van der Waals surface area (Å²) in [5, 5.41) is 15.5. The predicted molar refractivity (Wildman–Crippen MR) is 118 cm³/mol. The fourth-order valence-corrected chi connectivity index (χ4v) is 3.64. The highest BCUT2D eigenvalue weighted by molar-refractivity contribution is 5.79. The smallest absolute Gasteiger partial charge is 0.191 e. The molecule has 1 aliphatic rings. The van der Waals surface area contributed by atoms with Crippen LogP contribution in [0.2, 0.25) is 0 Å². The predicted octanol–water partition coefficient (Wildman–Crippen LogP) is 2.71. The zero-order valence-corrected chi connectivity index (χ0v) is 18.4. The van der Waals surface area contributed by atoms with Crippen molar-refractivity contribution in [1.29, 1.82) is 0 Å². The van der Waals surface area contributed by atoms with Crippen molar-refractivity contribution >= 4 is 5.96 Å². The number of benzene rings is 1. The molecule has 2 heterocycles. The van der Waals surface area contributed by atoms with Gasteiger partial charge in [0, 0.05) is 26.6 Å². The Balaban J connectivity index is 1.50. The van der Waals surface area contributed by atoms with Gasteiger partial charge < -0.3 is 24.7 Å². The van der Waals surface area contributed by atoms with Crippen LogP contribution in [0, 0.1) is 0 Å². The molecule has 0 atom stereocenters. The van der Waals surface area contributed by atoms with Crippen LogP contribution in [0.4, 0.5) is 0 Å². The van der Waals surface area contributed by atoms with E-state index < -0.39 is 0 Å². The number of fused-ring (bicyclic) bond motifs is 1. The summed E-state index contributed by atoms with van der Waals surface area (Å²) in [6, 6.07) is 6.11. The fraction of sp³-hybridized carbons (Fsp3) is 0.591. The quantitative estimate of drug-likeness (QED) is 0.485. The number of nitrogens with zero attached hydrogens (tertiary/aromatic N) is 4. The molecule has 0 bridgehead atoms. The standard InChI is InChI=1S/C22H34N6O2/c1-4-29-18-11-10-17(15-19(18)30-5-2)12-13-24-22(23-3)25-16-21-27-26-20-9-7-6-8-14-28(20)21/h10-11,15H,4-9,12-14,16H2,1-3H3,(H2,23,24,25). The van der Waals surface area contributed by atoms with Gasteiger partial charge in [0.25, 0.3) is 0 Å². The van der Waals surface area contributed by atoms with Gasteiger partial charge in [-0.3, -0.25) is 4.99 Å². The van der Waals surface area contributed by atoms with Gasteiger partial charge in [-0.25, -0.2) is 0 Å². The van der Waals surface area contributed by atoms with E-state index in [-0.39, 0.29) is 0 Å². The van der Waals surface area contributed by atoms with E-state index in [9.17, 15) is 0 Å². The number of hydrogen-bond acceptors (Lipinski definition) is 5. The molecule has 2 N–H and O–H groups in total. The maximum atomic E-state index is 5.72. The van der Waals surface area contributed by atoms with Crippen molar-refractivity contribution in [3.05, 3.63) is 35.4 Å². The number of guanidine groups is 1. The molecule has 0 amide bonds. The average molecular weight is 415 g/mol. The first-order valence-corrected chi connectivity index (χ1v) is 11.0. The van der Waals surface area contributed by atoms with Crippen molar-refractivity contribution in [3.8, 4) is 11.5 Å². The van der Waals surface area contributed by atoms with Gasteiger partial charge in [-0.15, -0.1) is 10.2 Å². The van der Waals surface area contributed by atoms with Crippen LogP contribution in [0.3, 0.4) is 0 Å². The molecule has 0 aliphatic carbocycles. The van der Waals surface area contributed by atoms with E-state index in [1.807, 2.05) is 19.9 Å². The Morgan fingerprint density at radius 3 is 2.70 bits per heavy atom. The molecule has 0 saturated carbocycles. The minimum atomic E-state index is 0.615. The molecule has 2 aromatic rings. The number of ether oxygens (including phenoxy) is 2. The number of rotatable bonds is 9. The molecule has 3 rings (SSSR count). The average Bonchev–Trinajstić information content (AvgIpc) is 2.98. The van der Waals surface area contributed by atoms with E-state index in [2.05, 4.69) is 42.5 Å². The molecular weight excluding hydrogens is 380 g/mol. The topological polar surface area (TPSA) is 85.6 Å². The molecule has 164 valence electrons. The lowest BCUT2D eigenvalue weighted by Crippen LogP contribution is -2.38. The third-order valence-electron chi connectivity index (χ3n) is 5.14. The van der Waals surface area contributed by atoms with Crippen LogP contribution in [0.15, 0.2) is 23.2 Å². The summed E-state index contributed by atoms with van der Waals surface area (Å²) in [5.74, 6) is 4.43. The van der Waals surface area contributed by atoms with Gasteiger partial charge >= 0.3 is 0 Å². The summed E-state index contributed by atoms with van der Waals surface area (Å²) in [5.41, 5.74) is 1.19. The molecule has 0 saturated heterocycles. The van der Waals surface area contributed by atoms with E-state index >= 15 is 0 Å². The van der Waals surface area contributed by atoms with Gasteiger partial charge in [0.1, 0.15) is 5.82 Å². The highest BCUT2D eigenvalue weighted by Crippen LogP contribution is 2.28. The van der Waals surface area contributed by atoms with Crippen LogP contribution in [-0.4, -0.2) is 47.5 Å². The Kier molecular flexibility index (Phi) is 8.35. The molecule has 0 spiro atoms. The lowest BCUT2D eigenvalue weighted by molar-refractivity contribution is 0.287. The number of aryl methyl sites for hydroxylation is 1. The van der Waals surface area contributed by atoms with Crippen molar-refractivity contribution < 1.29 is 9.47 Å². The van der Waals surface area contributed by atoms with Crippen LogP contribution in [0.5, 0.6) is 11.5 Å². The minimum absolute atomic E-state index is 0.615. The van der Waals surface area contributed by atoms with Gasteiger partial charge in [-0.2, -0.15) is 0 Å². The largest absolute Gasteiger partial charge is 0.490 e. The molecule has 8 nitrogen and oxygen atoms in total. The van der Waals surface area contributed by atoms with E-state index in [1.165, 1.54) is 24.8 Å². The number of aliphatic imine (C=N–C) groups is 1. The number of hydrogen-bond donors (Lipinski definition) is 2. The summed E-state index contributed by atoms with van der Waals surface area (Å²) in [7, 11) is 1.78. The van der Waals surface area contributed by atoms with Crippen molar-refractivity contribution in [2.45, 2.75) is 59.0 Å². The Hall–Kier alpha value is -2.77. The summed E-state index contributed by atoms with van der Waals surface area (Å²) >= 11 is 0. The van der Waals surface area contributed by atoms with Crippen LogP contribution in [0.1, 0.15) is 50.3 Å². The Morgan fingerprint density at radius 2 is 1.90 bits per heavy atom. The molecule has 30 heavy (non-hydrogen) atoms. The third kappa shape index (κ3) is 5.87. The Bertz CT molecular complexity index is 833. The van der Waals surface area contributed by atoms with Gasteiger partial charge in [0.05, 0.1) is 19.8 Å². The maximum absolute atomic E-state index is 5.72. The van der Waals surface area contributed by atoms with E-state index in [0.29, 0.717) is 19.8 Å². The molecule has 0 fully saturated rings. The van der Waals surface area contributed by atoms with Crippen LogP contribution < -0.4 is 20.1 Å². The van der Waals surface area contributed by atoms with Crippen molar-refractivity contribution in [3.63, 3.8) is 0 Å². The first kappa shape index (κ1) is 21.9. The molecular formula is C22H34N6O2. The second kappa shape index (κ2) is 11.4. The van der Waals surface area contributed by atoms with E-state index in [0.717, 1.165) is 55.0 Å². The Labute approximate surface area is 179 Å². The number of nitrogens with one attached hydrogen (secondary N) is 2. The maximum Gasteiger partial charge on any atom is 0.191 e. The molecule has 1 aromatic heterocycles. The summed E-state index contributed by atoms with van der Waals surface area (Å²) in [6.45, 7) is 7.58. The zero-order chi connectivity index (χ0) is 21.2. The SMILES string of the molecule is CCOc1ccc(CCNC(=NC)NCc2nnc3n2CCCCC3)cc1OCC. The monoisotopic (exact) mass is 414 g/mol. The second-order valence-corrected chi connectivity index (χ2v) is 7.24. The second-order valence-electron chi connectivity index (χ2n) is 7.24. The lowest BCUT2D eigenvalue weighted by atomic mass is 10.1. The van der Waals surface area contributed by atoms with Gasteiger partial charge in [-0.05, 0) is 50.8 Å². The van der Waals surface area contributed by atoms with Gasteiger partial charge in [0.15, 0.2) is 23.3 Å². The fourth-order valence-electron chi connectivity index (χ4n) is 3.64. The van der Waals surface area contributed by atoms with Crippen LogP contribution >= 0.6 is 0 Å². The van der Waals surface area contributed by atoms with Gasteiger partial charge in [0.2, 0.25) is 0 Å². The van der Waals surface area contributed by atoms with Crippen molar-refractivity contribution in [1.82, 2.24) is 25.4 Å². The van der Waals surface area contributed by atoms with Crippen molar-refractivity contribution in [2.24, 2.45) is 4.99 Å². The van der Waals surface area contributed by atoms with Crippen LogP contribution in [0.25, 0.3) is 0 Å². The summed E-state index contributed by atoms with van der Waals surface area (Å²) in [6.07, 6.45) is 5.53. The van der Waals surface area contributed by atoms with E-state index in [1.54, 1.807) is 7.05 Å². The highest BCUT2D eigenvalue weighted by Gasteiger charge is 2.14. The molecule has 1 aromatic carbocycles. The molecule has 0 radical (unpaired) electrons. The number of aromatic nitrogens is 3. The summed E-state index contributed by atoms with van der Waals surface area (Å²) in [4.78, 5) is 4.33. The Morgan fingerprint density at radius 1 is 1.07 bits per heavy atom. The highest BCUT2D eigenvalue weighted by atomic mass is 16.5. The van der Waals surface area contributed by atoms with E-state index in [4.69, 9.17) is 9.47 Å². The molecule has 8 heteroatoms.